The van der Waals surface area contributed by atoms with Crippen LogP contribution >= 0.6 is 11.6 Å². The average molecular weight is 228 g/mol. The van der Waals surface area contributed by atoms with Crippen LogP contribution in [0.5, 0.6) is 0 Å². The SMILES string of the molecule is CCN(CC)c1nc(Cl)c(C#N)cc1F. The zero-order chi connectivity index (χ0) is 11.4. The Hall–Kier alpha value is -1.34. The predicted molar refractivity (Wildman–Crippen MR) is 57.5 cm³/mol. The molecule has 0 amide bonds. The lowest BCUT2D eigenvalue weighted by molar-refractivity contribution is 0.611. The first-order valence-electron chi connectivity index (χ1n) is 4.65. The van der Waals surface area contributed by atoms with Gasteiger partial charge in [-0.1, -0.05) is 11.6 Å². The molecule has 0 radical (unpaired) electrons. The fraction of sp³-hybridized carbons (Fsp3) is 0.400. The van der Waals surface area contributed by atoms with Crippen LogP contribution in [0.2, 0.25) is 5.15 Å². The standard InChI is InChI=1S/C10H11ClFN3/c1-3-15(4-2)10-8(12)5-7(6-13)9(11)14-10/h5H,3-4H2,1-2H3. The van der Waals surface area contributed by atoms with Crippen molar-refractivity contribution in [3.05, 3.63) is 22.6 Å². The molecule has 0 bridgehead atoms. The van der Waals surface area contributed by atoms with Crippen LogP contribution < -0.4 is 4.90 Å². The fourth-order valence-electron chi connectivity index (χ4n) is 1.28. The van der Waals surface area contributed by atoms with Gasteiger partial charge >= 0.3 is 0 Å². The van der Waals surface area contributed by atoms with Gasteiger partial charge < -0.3 is 4.90 Å². The van der Waals surface area contributed by atoms with Crippen molar-refractivity contribution in [2.45, 2.75) is 13.8 Å². The first-order valence-corrected chi connectivity index (χ1v) is 5.02. The molecule has 0 N–H and O–H groups in total. The van der Waals surface area contributed by atoms with Crippen molar-refractivity contribution in [3.8, 4) is 6.07 Å². The number of nitriles is 1. The number of hydrogen-bond donors (Lipinski definition) is 0. The van der Waals surface area contributed by atoms with Crippen molar-refractivity contribution in [3.63, 3.8) is 0 Å². The lowest BCUT2D eigenvalue weighted by Gasteiger charge is -2.20. The zero-order valence-electron chi connectivity index (χ0n) is 8.59. The second kappa shape index (κ2) is 4.94. The minimum absolute atomic E-state index is 0.0424. The van der Waals surface area contributed by atoms with E-state index in [-0.39, 0.29) is 16.5 Å². The summed E-state index contributed by atoms with van der Waals surface area (Å²) in [5.74, 6) is -0.316. The molecule has 0 unspecified atom stereocenters. The Balaban J connectivity index is 3.22. The van der Waals surface area contributed by atoms with E-state index in [4.69, 9.17) is 16.9 Å². The molecular weight excluding hydrogens is 217 g/mol. The van der Waals surface area contributed by atoms with E-state index in [2.05, 4.69) is 4.98 Å². The van der Waals surface area contributed by atoms with Crippen LogP contribution in [0.1, 0.15) is 19.4 Å². The van der Waals surface area contributed by atoms with Gasteiger partial charge in [0.05, 0.1) is 5.56 Å². The number of pyridine rings is 1. The third kappa shape index (κ3) is 2.37. The Morgan fingerprint density at radius 3 is 2.60 bits per heavy atom. The normalized spacial score (nSPS) is 9.80. The summed E-state index contributed by atoms with van der Waals surface area (Å²) >= 11 is 5.73. The second-order valence-electron chi connectivity index (χ2n) is 2.92. The van der Waals surface area contributed by atoms with E-state index >= 15 is 0 Å². The summed E-state index contributed by atoms with van der Waals surface area (Å²) in [5.41, 5.74) is 0.0603. The van der Waals surface area contributed by atoms with Crippen LogP contribution in [0, 0.1) is 17.1 Å². The molecule has 0 aliphatic carbocycles. The van der Waals surface area contributed by atoms with Gasteiger partial charge in [-0.05, 0) is 19.9 Å². The van der Waals surface area contributed by atoms with Crippen molar-refractivity contribution < 1.29 is 4.39 Å². The fourth-order valence-corrected chi connectivity index (χ4v) is 1.46. The molecule has 0 saturated carbocycles. The number of anilines is 1. The predicted octanol–water partition coefficient (Wildman–Crippen LogP) is 2.59. The summed E-state index contributed by atoms with van der Waals surface area (Å²) < 4.78 is 13.5. The summed E-state index contributed by atoms with van der Waals surface area (Å²) in [6, 6.07) is 2.90. The molecule has 0 aliphatic rings. The van der Waals surface area contributed by atoms with Gasteiger partial charge in [-0.15, -0.1) is 0 Å². The number of halogens is 2. The van der Waals surface area contributed by atoms with E-state index in [0.29, 0.717) is 13.1 Å². The van der Waals surface area contributed by atoms with E-state index < -0.39 is 5.82 Å². The van der Waals surface area contributed by atoms with Crippen LogP contribution in [0.4, 0.5) is 10.2 Å². The van der Waals surface area contributed by atoms with Crippen LogP contribution in [-0.2, 0) is 0 Å². The van der Waals surface area contributed by atoms with Crippen molar-refractivity contribution in [1.29, 1.82) is 5.26 Å². The average Bonchev–Trinajstić information content (AvgIpc) is 2.24. The third-order valence-corrected chi connectivity index (χ3v) is 2.38. The van der Waals surface area contributed by atoms with Crippen LogP contribution in [-0.4, -0.2) is 18.1 Å². The molecule has 1 aromatic rings. The Bertz CT molecular complexity index is 396. The smallest absolute Gasteiger partial charge is 0.167 e. The summed E-state index contributed by atoms with van der Waals surface area (Å²) in [4.78, 5) is 5.62. The van der Waals surface area contributed by atoms with Crippen LogP contribution in [0.15, 0.2) is 6.07 Å². The van der Waals surface area contributed by atoms with Gasteiger partial charge in [0, 0.05) is 13.1 Å². The number of nitrogens with zero attached hydrogens (tertiary/aromatic N) is 3. The summed E-state index contributed by atoms with van der Waals surface area (Å²) in [7, 11) is 0. The highest BCUT2D eigenvalue weighted by atomic mass is 35.5. The van der Waals surface area contributed by atoms with Gasteiger partial charge in [0.2, 0.25) is 0 Å². The molecule has 1 heterocycles. The quantitative estimate of drug-likeness (QED) is 0.746. The van der Waals surface area contributed by atoms with Crippen molar-refractivity contribution in [2.24, 2.45) is 0 Å². The number of aromatic nitrogens is 1. The highest BCUT2D eigenvalue weighted by Gasteiger charge is 2.14. The largest absolute Gasteiger partial charge is 0.355 e. The Morgan fingerprint density at radius 2 is 2.13 bits per heavy atom. The molecule has 80 valence electrons. The molecule has 0 aliphatic heterocycles. The second-order valence-corrected chi connectivity index (χ2v) is 3.27. The van der Waals surface area contributed by atoms with E-state index in [1.165, 1.54) is 0 Å². The van der Waals surface area contributed by atoms with E-state index in [1.54, 1.807) is 11.0 Å². The molecule has 15 heavy (non-hydrogen) atoms. The molecule has 0 saturated heterocycles. The Kier molecular flexibility index (Phi) is 3.87. The zero-order valence-corrected chi connectivity index (χ0v) is 9.35. The summed E-state index contributed by atoms with van der Waals surface area (Å²) in [6.07, 6.45) is 0. The maximum atomic E-state index is 13.5. The van der Waals surface area contributed by atoms with Gasteiger partial charge in [0.1, 0.15) is 11.2 Å². The van der Waals surface area contributed by atoms with Gasteiger partial charge in [-0.2, -0.15) is 5.26 Å². The molecule has 1 aromatic heterocycles. The lowest BCUT2D eigenvalue weighted by atomic mass is 10.3. The van der Waals surface area contributed by atoms with Crippen LogP contribution in [0.3, 0.4) is 0 Å². The molecular formula is C10H11ClFN3. The van der Waals surface area contributed by atoms with Crippen molar-refractivity contribution in [1.82, 2.24) is 4.98 Å². The first kappa shape index (κ1) is 11.7. The van der Waals surface area contributed by atoms with E-state index in [0.717, 1.165) is 6.07 Å². The highest BCUT2D eigenvalue weighted by Crippen LogP contribution is 2.22. The van der Waals surface area contributed by atoms with Gasteiger partial charge in [-0.3, -0.25) is 0 Å². The summed E-state index contributed by atoms with van der Waals surface area (Å²) in [6.45, 7) is 5.08. The molecule has 0 atom stereocenters. The van der Waals surface area contributed by atoms with Crippen molar-refractivity contribution in [2.75, 3.05) is 18.0 Å². The lowest BCUT2D eigenvalue weighted by Crippen LogP contribution is -2.24. The minimum atomic E-state index is -0.514. The number of hydrogen-bond acceptors (Lipinski definition) is 3. The molecule has 1 rings (SSSR count). The van der Waals surface area contributed by atoms with Crippen molar-refractivity contribution >= 4 is 17.4 Å². The monoisotopic (exact) mass is 227 g/mol. The minimum Gasteiger partial charge on any atom is -0.355 e. The Labute approximate surface area is 93.1 Å². The van der Waals surface area contributed by atoms with Gasteiger partial charge in [-0.25, -0.2) is 9.37 Å². The molecule has 5 heteroatoms. The summed E-state index contributed by atoms with van der Waals surface area (Å²) in [5, 5.41) is 8.67. The van der Waals surface area contributed by atoms with Gasteiger partial charge in [0.15, 0.2) is 11.6 Å². The molecule has 0 fully saturated rings. The third-order valence-electron chi connectivity index (χ3n) is 2.09. The first-order chi connectivity index (χ1) is 7.13. The Morgan fingerprint density at radius 1 is 1.53 bits per heavy atom. The number of rotatable bonds is 3. The molecule has 0 spiro atoms. The maximum absolute atomic E-state index is 13.5. The van der Waals surface area contributed by atoms with E-state index in [1.807, 2.05) is 13.8 Å². The van der Waals surface area contributed by atoms with Gasteiger partial charge in [0.25, 0.3) is 0 Å². The highest BCUT2D eigenvalue weighted by molar-refractivity contribution is 6.30. The van der Waals surface area contributed by atoms with Crippen LogP contribution in [0.25, 0.3) is 0 Å². The maximum Gasteiger partial charge on any atom is 0.167 e. The molecule has 0 aromatic carbocycles. The van der Waals surface area contributed by atoms with E-state index in [9.17, 15) is 4.39 Å². The molecule has 3 nitrogen and oxygen atoms in total. The topological polar surface area (TPSA) is 39.9 Å².